The number of rotatable bonds is 6. The second-order valence-electron chi connectivity index (χ2n) is 5.23. The van der Waals surface area contributed by atoms with Crippen molar-refractivity contribution in [1.82, 2.24) is 4.90 Å². The van der Waals surface area contributed by atoms with Crippen LogP contribution in [-0.4, -0.2) is 41.8 Å². The van der Waals surface area contributed by atoms with Crippen LogP contribution < -0.4 is 10.1 Å². The van der Waals surface area contributed by atoms with Gasteiger partial charge in [-0.25, -0.2) is 4.79 Å². The van der Waals surface area contributed by atoms with Crippen molar-refractivity contribution in [3.8, 4) is 5.75 Å². The Morgan fingerprint density at radius 3 is 2.85 bits per heavy atom. The van der Waals surface area contributed by atoms with Gasteiger partial charge in [0.1, 0.15) is 12.4 Å². The van der Waals surface area contributed by atoms with E-state index in [-0.39, 0.29) is 12.6 Å². The number of anilines is 1. The van der Waals surface area contributed by atoms with Gasteiger partial charge in [-0.2, -0.15) is 0 Å². The largest absolute Gasteiger partial charge is 0.489 e. The number of urea groups is 1. The molecule has 0 saturated heterocycles. The highest BCUT2D eigenvalue weighted by Crippen LogP contribution is 2.18. The van der Waals surface area contributed by atoms with Gasteiger partial charge < -0.3 is 20.1 Å². The second-order valence-corrected chi connectivity index (χ2v) is 5.23. The first-order valence-electron chi connectivity index (χ1n) is 6.40. The van der Waals surface area contributed by atoms with Crippen molar-refractivity contribution in [1.29, 1.82) is 0 Å². The van der Waals surface area contributed by atoms with Gasteiger partial charge in [0.05, 0.1) is 12.1 Å². The van der Waals surface area contributed by atoms with E-state index >= 15 is 0 Å². The molecule has 0 aliphatic carbocycles. The molecule has 0 aliphatic heterocycles. The van der Waals surface area contributed by atoms with Gasteiger partial charge in [-0.1, -0.05) is 18.7 Å². The standard InChI is InChI=1S/C15H22N2O3/c1-5-9-20-13-8-6-7-12(10-13)16-14(18)17(4)11-15(2,3)19/h5-8,10,19H,1,9,11H2,2-4H3,(H,16,18). The minimum atomic E-state index is -0.930. The molecule has 0 radical (unpaired) electrons. The summed E-state index contributed by atoms with van der Waals surface area (Å²) in [6.07, 6.45) is 1.66. The number of carbonyl (C=O) groups is 1. The Morgan fingerprint density at radius 1 is 1.55 bits per heavy atom. The second kappa shape index (κ2) is 6.96. The summed E-state index contributed by atoms with van der Waals surface area (Å²) in [5, 5.41) is 12.4. The Labute approximate surface area is 119 Å². The van der Waals surface area contributed by atoms with Crippen molar-refractivity contribution in [3.63, 3.8) is 0 Å². The van der Waals surface area contributed by atoms with Crippen LogP contribution in [0.5, 0.6) is 5.75 Å². The molecule has 5 heteroatoms. The molecule has 5 nitrogen and oxygen atoms in total. The highest BCUT2D eigenvalue weighted by Gasteiger charge is 2.19. The van der Waals surface area contributed by atoms with Crippen molar-refractivity contribution in [2.24, 2.45) is 0 Å². The molecule has 0 saturated carbocycles. The van der Waals surface area contributed by atoms with Crippen LogP contribution in [0.1, 0.15) is 13.8 Å². The Bertz CT molecular complexity index is 466. The maximum atomic E-state index is 12.0. The first kappa shape index (κ1) is 16.0. The molecule has 0 atom stereocenters. The fraction of sp³-hybridized carbons (Fsp3) is 0.400. The van der Waals surface area contributed by atoms with E-state index in [2.05, 4.69) is 11.9 Å². The van der Waals surface area contributed by atoms with E-state index in [0.717, 1.165) is 0 Å². The minimum Gasteiger partial charge on any atom is -0.489 e. The van der Waals surface area contributed by atoms with E-state index in [4.69, 9.17) is 4.74 Å². The summed E-state index contributed by atoms with van der Waals surface area (Å²) in [5.74, 6) is 0.660. The van der Waals surface area contributed by atoms with Crippen LogP contribution >= 0.6 is 0 Å². The lowest BCUT2D eigenvalue weighted by Crippen LogP contribution is -2.41. The number of likely N-dealkylation sites (N-methyl/N-ethyl adjacent to an activating group) is 1. The van der Waals surface area contributed by atoms with Crippen molar-refractivity contribution < 1.29 is 14.6 Å². The number of nitrogens with zero attached hydrogens (tertiary/aromatic N) is 1. The van der Waals surface area contributed by atoms with Crippen molar-refractivity contribution >= 4 is 11.7 Å². The van der Waals surface area contributed by atoms with Crippen molar-refractivity contribution in [3.05, 3.63) is 36.9 Å². The van der Waals surface area contributed by atoms with E-state index < -0.39 is 5.60 Å². The Kier molecular flexibility index (Phi) is 5.58. The maximum Gasteiger partial charge on any atom is 0.321 e. The van der Waals surface area contributed by atoms with Crippen LogP contribution in [0.3, 0.4) is 0 Å². The van der Waals surface area contributed by atoms with Gasteiger partial charge in [-0.15, -0.1) is 0 Å². The van der Waals surface area contributed by atoms with E-state index in [9.17, 15) is 9.90 Å². The lowest BCUT2D eigenvalue weighted by atomic mass is 10.1. The molecule has 0 fully saturated rings. The summed E-state index contributed by atoms with van der Waals surface area (Å²) in [7, 11) is 1.63. The normalized spacial score (nSPS) is 10.8. The molecule has 1 aromatic rings. The van der Waals surface area contributed by atoms with E-state index in [0.29, 0.717) is 18.0 Å². The Hall–Kier alpha value is -2.01. The zero-order chi connectivity index (χ0) is 15.2. The molecule has 2 N–H and O–H groups in total. The molecule has 20 heavy (non-hydrogen) atoms. The van der Waals surface area contributed by atoms with Gasteiger partial charge in [0.15, 0.2) is 0 Å². The summed E-state index contributed by atoms with van der Waals surface area (Å²) in [6.45, 7) is 7.54. The maximum absolute atomic E-state index is 12.0. The molecular formula is C15H22N2O3. The molecule has 110 valence electrons. The van der Waals surface area contributed by atoms with Crippen molar-refractivity contribution in [2.45, 2.75) is 19.4 Å². The fourth-order valence-electron chi connectivity index (χ4n) is 1.69. The third-order valence-corrected chi connectivity index (χ3v) is 2.42. The smallest absolute Gasteiger partial charge is 0.321 e. The number of aliphatic hydroxyl groups is 1. The fourth-order valence-corrected chi connectivity index (χ4v) is 1.69. The molecular weight excluding hydrogens is 256 g/mol. The van der Waals surface area contributed by atoms with Gasteiger partial charge in [-0.3, -0.25) is 0 Å². The number of carbonyl (C=O) groups excluding carboxylic acids is 1. The predicted octanol–water partition coefficient (Wildman–Crippen LogP) is 2.49. The van der Waals surface area contributed by atoms with Crippen molar-refractivity contribution in [2.75, 3.05) is 25.5 Å². The Morgan fingerprint density at radius 2 is 2.25 bits per heavy atom. The number of amides is 2. The lowest BCUT2D eigenvalue weighted by Gasteiger charge is -2.25. The molecule has 0 unspecified atom stereocenters. The predicted molar refractivity (Wildman–Crippen MR) is 80.1 cm³/mol. The molecule has 0 bridgehead atoms. The molecule has 1 aromatic carbocycles. The highest BCUT2D eigenvalue weighted by atomic mass is 16.5. The van der Waals surface area contributed by atoms with Crippen LogP contribution in [0.15, 0.2) is 36.9 Å². The van der Waals surface area contributed by atoms with Gasteiger partial charge in [0.2, 0.25) is 0 Å². The zero-order valence-electron chi connectivity index (χ0n) is 12.2. The first-order valence-corrected chi connectivity index (χ1v) is 6.40. The lowest BCUT2D eigenvalue weighted by molar-refractivity contribution is 0.0550. The first-order chi connectivity index (χ1) is 9.31. The van der Waals surface area contributed by atoms with E-state index in [1.54, 1.807) is 51.2 Å². The number of benzene rings is 1. The van der Waals surface area contributed by atoms with Crippen LogP contribution in [-0.2, 0) is 0 Å². The molecule has 0 aromatic heterocycles. The number of hydrogen-bond donors (Lipinski definition) is 2. The number of hydrogen-bond acceptors (Lipinski definition) is 3. The molecule has 0 heterocycles. The van der Waals surface area contributed by atoms with Crippen LogP contribution in [0.4, 0.5) is 10.5 Å². The minimum absolute atomic E-state index is 0.242. The highest BCUT2D eigenvalue weighted by molar-refractivity contribution is 5.89. The summed E-state index contributed by atoms with van der Waals surface area (Å²) < 4.78 is 5.40. The number of nitrogens with one attached hydrogen (secondary N) is 1. The molecule has 0 spiro atoms. The summed E-state index contributed by atoms with van der Waals surface area (Å²) in [4.78, 5) is 13.4. The van der Waals surface area contributed by atoms with E-state index in [1.807, 2.05) is 0 Å². The van der Waals surface area contributed by atoms with Crippen LogP contribution in [0.25, 0.3) is 0 Å². The average molecular weight is 278 g/mol. The van der Waals surface area contributed by atoms with Gasteiger partial charge in [-0.05, 0) is 26.0 Å². The molecule has 0 aliphatic rings. The average Bonchev–Trinajstić information content (AvgIpc) is 2.34. The Balaban J connectivity index is 2.63. The van der Waals surface area contributed by atoms with Gasteiger partial charge in [0, 0.05) is 18.8 Å². The number of ether oxygens (including phenoxy) is 1. The summed E-state index contributed by atoms with van der Waals surface area (Å²) >= 11 is 0. The topological polar surface area (TPSA) is 61.8 Å². The summed E-state index contributed by atoms with van der Waals surface area (Å²) in [5.41, 5.74) is -0.291. The van der Waals surface area contributed by atoms with Crippen LogP contribution in [0.2, 0.25) is 0 Å². The van der Waals surface area contributed by atoms with Gasteiger partial charge >= 0.3 is 6.03 Å². The van der Waals surface area contributed by atoms with E-state index in [1.165, 1.54) is 4.90 Å². The third kappa shape index (κ3) is 5.75. The molecule has 1 rings (SSSR count). The SMILES string of the molecule is C=CCOc1cccc(NC(=O)N(C)CC(C)(C)O)c1. The molecule has 2 amide bonds. The third-order valence-electron chi connectivity index (χ3n) is 2.42. The monoisotopic (exact) mass is 278 g/mol. The summed E-state index contributed by atoms with van der Waals surface area (Å²) in [6, 6.07) is 6.83. The quantitative estimate of drug-likeness (QED) is 0.786. The van der Waals surface area contributed by atoms with Crippen LogP contribution in [0, 0.1) is 0 Å². The zero-order valence-corrected chi connectivity index (χ0v) is 12.2. The van der Waals surface area contributed by atoms with Gasteiger partial charge in [0.25, 0.3) is 0 Å².